The van der Waals surface area contributed by atoms with Crippen molar-refractivity contribution in [3.8, 4) is 5.75 Å². The van der Waals surface area contributed by atoms with Crippen LogP contribution in [0.5, 0.6) is 5.75 Å². The van der Waals surface area contributed by atoms with E-state index < -0.39 is 17.9 Å². The van der Waals surface area contributed by atoms with E-state index in [9.17, 15) is 13.2 Å². The van der Waals surface area contributed by atoms with E-state index in [-0.39, 0.29) is 5.75 Å². The predicted molar refractivity (Wildman–Crippen MR) is 131 cm³/mol. The first-order valence-corrected chi connectivity index (χ1v) is 11.9. The van der Waals surface area contributed by atoms with Gasteiger partial charge in [-0.2, -0.15) is 0 Å². The normalized spacial score (nSPS) is 16.9. The molecule has 1 unspecified atom stereocenters. The van der Waals surface area contributed by atoms with Crippen molar-refractivity contribution in [3.63, 3.8) is 0 Å². The minimum atomic E-state index is -4.81. The molecule has 1 aromatic heterocycles. The van der Waals surface area contributed by atoms with Crippen molar-refractivity contribution >= 4 is 6.08 Å². The number of nitrogens with zero attached hydrogens (tertiary/aromatic N) is 6. The van der Waals surface area contributed by atoms with Crippen LogP contribution in [0, 0.1) is 0 Å². The molecule has 1 fully saturated rings. The predicted octanol–water partition coefficient (Wildman–Crippen LogP) is 4.75. The fourth-order valence-electron chi connectivity index (χ4n) is 4.37. The van der Waals surface area contributed by atoms with Gasteiger partial charge in [0.1, 0.15) is 11.8 Å². The van der Waals surface area contributed by atoms with Gasteiger partial charge in [0.2, 0.25) is 0 Å². The molecule has 1 atom stereocenters. The third-order valence-electron chi connectivity index (χ3n) is 6.06. The number of tetrazole rings is 1. The van der Waals surface area contributed by atoms with Crippen LogP contribution in [0.4, 0.5) is 13.2 Å². The van der Waals surface area contributed by atoms with E-state index in [2.05, 4.69) is 54.3 Å². The lowest BCUT2D eigenvalue weighted by Crippen LogP contribution is -2.48. The van der Waals surface area contributed by atoms with Crippen LogP contribution in [-0.2, 0) is 5.54 Å². The van der Waals surface area contributed by atoms with Gasteiger partial charge in [-0.05, 0) is 42.8 Å². The Morgan fingerprint density at radius 1 is 0.944 bits per heavy atom. The minimum Gasteiger partial charge on any atom is -0.405 e. The van der Waals surface area contributed by atoms with Crippen molar-refractivity contribution in [1.29, 1.82) is 0 Å². The monoisotopic (exact) mass is 500 g/mol. The first kappa shape index (κ1) is 25.8. The van der Waals surface area contributed by atoms with Crippen molar-refractivity contribution in [1.82, 2.24) is 30.0 Å². The highest BCUT2D eigenvalue weighted by atomic mass is 19.4. The second-order valence-electron chi connectivity index (χ2n) is 9.76. The molecule has 7 nitrogen and oxygen atoms in total. The molecule has 0 aliphatic carbocycles. The highest BCUT2D eigenvalue weighted by Crippen LogP contribution is 2.37. The largest absolute Gasteiger partial charge is 0.573 e. The summed E-state index contributed by atoms with van der Waals surface area (Å²) in [5.41, 5.74) is 1.07. The number of aromatic nitrogens is 4. The molecule has 0 radical (unpaired) electrons. The summed E-state index contributed by atoms with van der Waals surface area (Å²) in [6.45, 7) is 9.46. The molecular formula is C26H31F3N6O. The summed E-state index contributed by atoms with van der Waals surface area (Å²) in [6.07, 6.45) is -0.577. The van der Waals surface area contributed by atoms with Gasteiger partial charge in [0.05, 0.1) is 5.54 Å². The van der Waals surface area contributed by atoms with Crippen LogP contribution in [0.2, 0.25) is 0 Å². The van der Waals surface area contributed by atoms with E-state index >= 15 is 0 Å². The smallest absolute Gasteiger partial charge is 0.405 e. The molecule has 1 aliphatic heterocycles. The molecular weight excluding hydrogens is 469 g/mol. The van der Waals surface area contributed by atoms with Crippen LogP contribution in [0.3, 0.4) is 0 Å². The number of alkyl halides is 3. The fraction of sp³-hybridized carbons (Fsp3) is 0.423. The van der Waals surface area contributed by atoms with E-state index in [1.54, 1.807) is 16.8 Å². The fourth-order valence-corrected chi connectivity index (χ4v) is 4.37. The highest BCUT2D eigenvalue weighted by Gasteiger charge is 2.37. The van der Waals surface area contributed by atoms with Crippen LogP contribution in [0.25, 0.3) is 6.08 Å². The molecule has 2 aromatic carbocycles. The molecule has 0 amide bonds. The summed E-state index contributed by atoms with van der Waals surface area (Å²) in [6, 6.07) is 15.7. The minimum absolute atomic E-state index is 0.244. The van der Waals surface area contributed by atoms with Gasteiger partial charge in [-0.25, -0.2) is 4.68 Å². The van der Waals surface area contributed by atoms with Gasteiger partial charge >= 0.3 is 6.36 Å². The molecule has 0 saturated carbocycles. The van der Waals surface area contributed by atoms with Gasteiger partial charge in [-0.1, -0.05) is 60.7 Å². The number of hydrogen-bond donors (Lipinski definition) is 0. The van der Waals surface area contributed by atoms with Gasteiger partial charge in [-0.3, -0.25) is 9.80 Å². The maximum Gasteiger partial charge on any atom is 0.573 e. The average molecular weight is 501 g/mol. The topological polar surface area (TPSA) is 59.3 Å². The molecule has 1 saturated heterocycles. The Labute approximate surface area is 209 Å². The number of ether oxygens (including phenoxy) is 1. The van der Waals surface area contributed by atoms with E-state index in [0.717, 1.165) is 25.2 Å². The number of halogens is 3. The Bertz CT molecular complexity index is 1150. The van der Waals surface area contributed by atoms with Gasteiger partial charge in [0.25, 0.3) is 0 Å². The summed E-state index contributed by atoms with van der Waals surface area (Å²) in [5.74, 6) is 0.241. The van der Waals surface area contributed by atoms with Gasteiger partial charge in [0, 0.05) is 38.3 Å². The quantitative estimate of drug-likeness (QED) is 0.467. The lowest BCUT2D eigenvalue weighted by Gasteiger charge is -2.39. The second-order valence-corrected chi connectivity index (χ2v) is 9.76. The number of hydrogen-bond acceptors (Lipinski definition) is 6. The van der Waals surface area contributed by atoms with Crippen molar-refractivity contribution in [2.24, 2.45) is 0 Å². The third-order valence-corrected chi connectivity index (χ3v) is 6.06. The molecule has 1 aliphatic rings. The first-order chi connectivity index (χ1) is 17.1. The summed E-state index contributed by atoms with van der Waals surface area (Å²) in [7, 11) is 0. The number of para-hydroxylation sites is 1. The second kappa shape index (κ2) is 10.8. The lowest BCUT2D eigenvalue weighted by molar-refractivity contribution is -0.275. The highest BCUT2D eigenvalue weighted by molar-refractivity contribution is 5.48. The molecule has 2 heterocycles. The van der Waals surface area contributed by atoms with Crippen molar-refractivity contribution in [2.75, 3.05) is 32.7 Å². The van der Waals surface area contributed by atoms with E-state index in [4.69, 9.17) is 0 Å². The molecule has 4 rings (SSSR count). The lowest BCUT2D eigenvalue weighted by atomic mass is 10.0. The number of rotatable bonds is 7. The van der Waals surface area contributed by atoms with E-state index in [0.29, 0.717) is 24.5 Å². The van der Waals surface area contributed by atoms with Gasteiger partial charge in [0.15, 0.2) is 5.82 Å². The van der Waals surface area contributed by atoms with E-state index in [1.165, 1.54) is 12.1 Å². The molecule has 10 heteroatoms. The molecule has 36 heavy (non-hydrogen) atoms. The summed E-state index contributed by atoms with van der Waals surface area (Å²) in [5, 5.41) is 12.3. The molecule has 0 N–H and O–H groups in total. The Kier molecular flexibility index (Phi) is 7.75. The average Bonchev–Trinajstić information content (AvgIpc) is 3.31. The van der Waals surface area contributed by atoms with Crippen molar-refractivity contribution in [2.45, 2.75) is 38.7 Å². The summed E-state index contributed by atoms with van der Waals surface area (Å²) >= 11 is 0. The van der Waals surface area contributed by atoms with Crippen LogP contribution in [-0.4, -0.2) is 69.1 Å². The standard InChI is InChI=1S/C26H31F3N6O/c1-25(2,3)35-24(30-31-32-35)23(21-13-7-8-14-22(21)36-26(27,28)29)34-18-16-33(17-19-34)15-9-12-20-10-5-4-6-11-20/h4-14,23H,15-19H2,1-3H3/b12-9+. The zero-order valence-corrected chi connectivity index (χ0v) is 20.7. The SMILES string of the molecule is CC(C)(C)n1nnnc1C(c1ccccc1OC(F)(F)F)N1CCN(C/C=C/c2ccccc2)CC1. The molecule has 192 valence electrons. The zero-order chi connectivity index (χ0) is 25.8. The summed E-state index contributed by atoms with van der Waals surface area (Å²) < 4.78 is 45.8. The van der Waals surface area contributed by atoms with Gasteiger partial charge in [-0.15, -0.1) is 18.3 Å². The Hall–Kier alpha value is -3.24. The Morgan fingerprint density at radius 3 is 2.28 bits per heavy atom. The van der Waals surface area contributed by atoms with E-state index in [1.807, 2.05) is 39.0 Å². The third kappa shape index (κ3) is 6.50. The maximum atomic E-state index is 13.2. The summed E-state index contributed by atoms with van der Waals surface area (Å²) in [4.78, 5) is 4.45. The van der Waals surface area contributed by atoms with Crippen LogP contribution in [0.1, 0.15) is 43.8 Å². The van der Waals surface area contributed by atoms with Crippen LogP contribution in [0.15, 0.2) is 60.7 Å². The first-order valence-electron chi connectivity index (χ1n) is 11.9. The molecule has 0 bridgehead atoms. The number of benzene rings is 2. The van der Waals surface area contributed by atoms with Gasteiger partial charge < -0.3 is 4.74 Å². The van der Waals surface area contributed by atoms with Crippen LogP contribution >= 0.6 is 0 Å². The Morgan fingerprint density at radius 2 is 1.61 bits per heavy atom. The zero-order valence-electron chi connectivity index (χ0n) is 20.7. The molecule has 3 aromatic rings. The Balaban J connectivity index is 1.58. The van der Waals surface area contributed by atoms with Crippen molar-refractivity contribution < 1.29 is 17.9 Å². The molecule has 0 spiro atoms. The maximum absolute atomic E-state index is 13.2. The number of piperazine rings is 1. The van der Waals surface area contributed by atoms with Crippen molar-refractivity contribution in [3.05, 3.63) is 77.6 Å². The van der Waals surface area contributed by atoms with Crippen LogP contribution < -0.4 is 4.74 Å².